The predicted octanol–water partition coefficient (Wildman–Crippen LogP) is 0.534. The molecule has 1 amide bonds. The number of benzene rings is 1. The maximum absolute atomic E-state index is 13.8. The largest absolute Gasteiger partial charge is 0.507 e. The highest BCUT2D eigenvalue weighted by Gasteiger charge is 2.69. The normalized spacial score (nSPS) is 31.1. The van der Waals surface area contributed by atoms with Crippen LogP contribution in [0.5, 0.6) is 5.75 Å². The van der Waals surface area contributed by atoms with E-state index in [0.717, 1.165) is 9.13 Å². The Morgan fingerprint density at radius 2 is 1.84 bits per heavy atom. The van der Waals surface area contributed by atoms with Crippen LogP contribution in [0.25, 0.3) is 11.1 Å². The van der Waals surface area contributed by atoms with Gasteiger partial charge in [0, 0.05) is 21.9 Å². The summed E-state index contributed by atoms with van der Waals surface area (Å²) < 4.78 is 0.824. The Labute approximate surface area is 225 Å². The molecule has 5 rings (SSSR count). The lowest BCUT2D eigenvalue weighted by molar-refractivity contribution is -0.181. The van der Waals surface area contributed by atoms with Crippen LogP contribution in [0.1, 0.15) is 22.3 Å². The quantitative estimate of drug-likeness (QED) is 0.329. The summed E-state index contributed by atoms with van der Waals surface area (Å²) in [4.78, 5) is 71.7. The molecule has 0 bridgehead atoms. The third-order valence-corrected chi connectivity index (χ3v) is 8.87. The number of hydrogen-bond donors (Lipinski definition) is 3. The third kappa shape index (κ3) is 3.51. The van der Waals surface area contributed by atoms with Crippen LogP contribution in [0.4, 0.5) is 0 Å². The number of primary amides is 1. The zero-order valence-electron chi connectivity index (χ0n) is 20.0. The van der Waals surface area contributed by atoms with Crippen LogP contribution in [0.2, 0.25) is 0 Å². The van der Waals surface area contributed by atoms with Crippen LogP contribution in [0.3, 0.4) is 0 Å². The van der Waals surface area contributed by atoms with Gasteiger partial charge < -0.3 is 15.9 Å². The number of aliphatic hydroxyl groups is 1. The van der Waals surface area contributed by atoms with Crippen molar-refractivity contribution in [2.45, 2.75) is 24.5 Å². The van der Waals surface area contributed by atoms with Gasteiger partial charge >= 0.3 is 0 Å². The van der Waals surface area contributed by atoms with Gasteiger partial charge in [0.05, 0.1) is 17.5 Å². The molecule has 6 atom stereocenters. The zero-order valence-corrected chi connectivity index (χ0v) is 22.1. The first-order valence-corrected chi connectivity index (χ1v) is 12.8. The number of nitrogens with two attached hydrogens (primary N) is 1. The van der Waals surface area contributed by atoms with Crippen molar-refractivity contribution in [3.63, 3.8) is 0 Å². The molecule has 2 unspecified atom stereocenters. The number of rotatable bonds is 3. The van der Waals surface area contributed by atoms with Gasteiger partial charge in [-0.05, 0) is 84.3 Å². The van der Waals surface area contributed by atoms with Gasteiger partial charge in [-0.15, -0.1) is 0 Å². The number of aromatic nitrogens is 1. The van der Waals surface area contributed by atoms with Crippen LogP contribution in [-0.2, 0) is 25.6 Å². The van der Waals surface area contributed by atoms with Gasteiger partial charge in [0.25, 0.3) is 0 Å². The number of hydrogen-bond acceptors (Lipinski definition) is 9. The molecule has 37 heavy (non-hydrogen) atoms. The van der Waals surface area contributed by atoms with Crippen LogP contribution in [-0.4, -0.2) is 74.9 Å². The van der Waals surface area contributed by atoms with E-state index >= 15 is 0 Å². The van der Waals surface area contributed by atoms with Crippen molar-refractivity contribution in [2.24, 2.45) is 29.4 Å². The van der Waals surface area contributed by atoms with Crippen molar-refractivity contribution >= 4 is 51.6 Å². The standard InChI is InChI=1S/C26H24IN3O7/c1-30(2)20-14-8-10-7-13-11(12-5-6-29-9-15(12)27)3-4-16(31)18(13)21(32)17(10)23(34)26(14,37)24(35)19(22(20)33)25(28)36/h3-6,9-10,14,17,19-20,31,37H,7-8H2,1-2H3,(H2,28,36)/t10-,14-,17?,19?,20-,26-/m0/s1. The number of nitrogens with zero attached hydrogens (tertiary/aromatic N) is 2. The van der Waals surface area contributed by atoms with Gasteiger partial charge in [-0.2, -0.15) is 0 Å². The molecule has 1 heterocycles. The molecule has 4 N–H and O–H groups in total. The molecule has 0 spiro atoms. The molecule has 10 nitrogen and oxygen atoms in total. The summed E-state index contributed by atoms with van der Waals surface area (Å²) in [5, 5.41) is 22.3. The highest BCUT2D eigenvalue weighted by Crippen LogP contribution is 2.51. The molecule has 3 aliphatic carbocycles. The molecule has 2 fully saturated rings. The van der Waals surface area contributed by atoms with Crippen LogP contribution >= 0.6 is 22.6 Å². The fourth-order valence-electron chi connectivity index (χ4n) is 6.45. The average molecular weight is 617 g/mol. The number of amides is 1. The first-order chi connectivity index (χ1) is 17.4. The number of phenolic OH excluding ortho intramolecular Hbond substituents is 1. The monoisotopic (exact) mass is 617 g/mol. The highest BCUT2D eigenvalue weighted by molar-refractivity contribution is 14.1. The molecule has 0 radical (unpaired) electrons. The second kappa shape index (κ2) is 8.77. The predicted molar refractivity (Wildman–Crippen MR) is 137 cm³/mol. The Morgan fingerprint density at radius 3 is 2.46 bits per heavy atom. The number of ketones is 4. The number of aromatic hydroxyl groups is 1. The summed E-state index contributed by atoms with van der Waals surface area (Å²) in [5.74, 6) is -10.6. The Hall–Kier alpha value is -3.03. The highest BCUT2D eigenvalue weighted by atomic mass is 127. The van der Waals surface area contributed by atoms with E-state index in [-0.39, 0.29) is 24.2 Å². The van der Waals surface area contributed by atoms with Crippen molar-refractivity contribution in [3.05, 3.63) is 45.3 Å². The number of Topliss-reactive ketones (excluding diaryl/α,β-unsaturated/α-hetero) is 4. The zero-order chi connectivity index (χ0) is 27.0. The van der Waals surface area contributed by atoms with Gasteiger partial charge in [0.2, 0.25) is 5.91 Å². The molecule has 2 saturated carbocycles. The maximum atomic E-state index is 13.8. The van der Waals surface area contributed by atoms with E-state index in [0.29, 0.717) is 11.1 Å². The first kappa shape index (κ1) is 25.6. The molecule has 1 aromatic heterocycles. The fraction of sp³-hybridized carbons (Fsp3) is 0.385. The Kier molecular flexibility index (Phi) is 6.07. The summed E-state index contributed by atoms with van der Waals surface area (Å²) >= 11 is 2.13. The Morgan fingerprint density at radius 1 is 1.14 bits per heavy atom. The average Bonchev–Trinajstić information content (AvgIpc) is 2.82. The lowest BCUT2D eigenvalue weighted by Gasteiger charge is -2.52. The number of phenols is 1. The summed E-state index contributed by atoms with van der Waals surface area (Å²) in [5.41, 5.74) is 4.63. The molecule has 1 aromatic carbocycles. The number of carbonyl (C=O) groups is 5. The number of carbonyl (C=O) groups excluding carboxylic acids is 5. The van der Waals surface area contributed by atoms with Gasteiger partial charge in [-0.1, -0.05) is 6.07 Å². The van der Waals surface area contributed by atoms with Crippen molar-refractivity contribution in [3.8, 4) is 16.9 Å². The third-order valence-electron chi connectivity index (χ3n) is 8.01. The summed E-state index contributed by atoms with van der Waals surface area (Å²) in [6.07, 6.45) is 3.49. The number of likely N-dealkylation sites (N-methyl/N-ethyl adjacent to an activating group) is 1. The molecule has 0 saturated heterocycles. The fourth-order valence-corrected chi connectivity index (χ4v) is 7.08. The molecular weight excluding hydrogens is 593 g/mol. The molecule has 2 aromatic rings. The van der Waals surface area contributed by atoms with E-state index in [1.165, 1.54) is 11.0 Å². The van der Waals surface area contributed by atoms with Crippen LogP contribution < -0.4 is 5.73 Å². The molecular formula is C26H24IN3O7. The van der Waals surface area contributed by atoms with E-state index in [4.69, 9.17) is 5.73 Å². The summed E-state index contributed by atoms with van der Waals surface area (Å²) in [6.45, 7) is 0. The maximum Gasteiger partial charge on any atom is 0.235 e. The minimum Gasteiger partial charge on any atom is -0.507 e. The van der Waals surface area contributed by atoms with Crippen molar-refractivity contribution < 1.29 is 34.2 Å². The molecule has 192 valence electrons. The second-order valence-electron chi connectivity index (χ2n) is 10.1. The topological polar surface area (TPSA) is 168 Å². The molecule has 3 aliphatic rings. The van der Waals surface area contributed by atoms with Gasteiger partial charge in [-0.3, -0.25) is 33.9 Å². The van der Waals surface area contributed by atoms with E-state index in [9.17, 15) is 34.2 Å². The van der Waals surface area contributed by atoms with Gasteiger partial charge in [0.1, 0.15) is 5.75 Å². The van der Waals surface area contributed by atoms with Crippen molar-refractivity contribution in [1.82, 2.24) is 9.88 Å². The SMILES string of the molecule is CN(C)[C@@H]1C(=O)C(C(N)=O)C(=O)[C@@]2(O)C(=O)C3C(=O)c4c(O)ccc(-c5ccncc5I)c4C[C@H]3C[C@@H]12. The van der Waals surface area contributed by atoms with Gasteiger partial charge in [-0.25, -0.2) is 0 Å². The number of fused-ring (bicyclic) bond motifs is 3. The van der Waals surface area contributed by atoms with E-state index < -0.39 is 64.4 Å². The van der Waals surface area contributed by atoms with Crippen molar-refractivity contribution in [2.75, 3.05) is 14.1 Å². The molecule has 0 aliphatic heterocycles. The van der Waals surface area contributed by atoms with E-state index in [1.807, 2.05) is 0 Å². The Balaban J connectivity index is 1.67. The second-order valence-corrected chi connectivity index (χ2v) is 11.3. The smallest absolute Gasteiger partial charge is 0.235 e. The first-order valence-electron chi connectivity index (χ1n) is 11.7. The lowest BCUT2D eigenvalue weighted by Crippen LogP contribution is -2.74. The molecule has 11 heteroatoms. The van der Waals surface area contributed by atoms with E-state index in [1.54, 1.807) is 38.6 Å². The lowest BCUT2D eigenvalue weighted by atomic mass is 9.52. The summed E-state index contributed by atoms with van der Waals surface area (Å²) in [7, 11) is 3.10. The van der Waals surface area contributed by atoms with E-state index in [2.05, 4.69) is 27.6 Å². The minimum absolute atomic E-state index is 0.00638. The van der Waals surface area contributed by atoms with Crippen LogP contribution in [0.15, 0.2) is 30.6 Å². The minimum atomic E-state index is -2.73. The van der Waals surface area contributed by atoms with Crippen molar-refractivity contribution in [1.29, 1.82) is 0 Å². The summed E-state index contributed by atoms with van der Waals surface area (Å²) in [6, 6.07) is 3.74. The van der Waals surface area contributed by atoms with Crippen LogP contribution in [0, 0.1) is 27.2 Å². The number of halogens is 1. The Bertz CT molecular complexity index is 1410. The van der Waals surface area contributed by atoms with Gasteiger partial charge in [0.15, 0.2) is 34.7 Å². The number of pyridine rings is 1.